The summed E-state index contributed by atoms with van der Waals surface area (Å²) in [4.78, 5) is 59.5. The lowest BCUT2D eigenvalue weighted by atomic mass is 9.63. The molecule has 0 saturated carbocycles. The Morgan fingerprint density at radius 2 is 1.65 bits per heavy atom. The molecular formula is C38H31ClN3O4+. The summed E-state index contributed by atoms with van der Waals surface area (Å²) in [5.74, 6) is -0.839. The van der Waals surface area contributed by atoms with Crippen LogP contribution in [0, 0.1) is 10.3 Å². The number of carbonyl (C=O) groups is 3. The van der Waals surface area contributed by atoms with Crippen LogP contribution in [-0.4, -0.2) is 34.4 Å². The van der Waals surface area contributed by atoms with Crippen molar-refractivity contribution in [2.45, 2.75) is 37.9 Å². The average molecular weight is 629 g/mol. The van der Waals surface area contributed by atoms with Crippen LogP contribution in [0.25, 0.3) is 0 Å². The van der Waals surface area contributed by atoms with Crippen LogP contribution in [-0.2, 0) is 9.59 Å². The summed E-state index contributed by atoms with van der Waals surface area (Å²) in [5, 5.41) is 0.545. The van der Waals surface area contributed by atoms with Crippen LogP contribution in [0.2, 0.25) is 5.02 Å². The fraction of sp³-hybridized carbons (Fsp3) is 0.184. The van der Waals surface area contributed by atoms with E-state index in [1.54, 1.807) is 40.1 Å². The van der Waals surface area contributed by atoms with E-state index >= 15 is 0 Å². The van der Waals surface area contributed by atoms with Gasteiger partial charge in [-0.2, -0.15) is 0 Å². The molecule has 4 aliphatic rings. The van der Waals surface area contributed by atoms with Crippen LogP contribution in [0.1, 0.15) is 41.7 Å². The number of rotatable bonds is 5. The average Bonchev–Trinajstić information content (AvgIpc) is 3.07. The maximum absolute atomic E-state index is 14.5. The second-order valence-electron chi connectivity index (χ2n) is 12.0. The van der Waals surface area contributed by atoms with Crippen molar-refractivity contribution in [3.05, 3.63) is 160 Å². The van der Waals surface area contributed by atoms with Crippen molar-refractivity contribution in [3.63, 3.8) is 0 Å². The molecule has 0 radical (unpaired) electrons. The zero-order valence-electron chi connectivity index (χ0n) is 25.1. The molecule has 228 valence electrons. The standard InChI is InChI=1S/C38H31ClN3O4/c1-25-22-33(31-15-5-6-16-32(31)41(25)37(45)26-17-19-29(39)20-18-26)42(30-13-3-2-4-14-30)35(43)23-34-36(44)38-21-8-7-10-27(38)11-9-12-28(38)24-40(34)46/h2-21,24-25,33-34H,22-23H2,1H3/q+1. The van der Waals surface area contributed by atoms with E-state index in [1.807, 2.05) is 98.0 Å². The number of ketones is 1. The number of hydrogen-bond donors (Lipinski definition) is 0. The zero-order chi connectivity index (χ0) is 32.0. The number of anilines is 2. The number of para-hydroxylation sites is 2. The number of halogens is 1. The van der Waals surface area contributed by atoms with Crippen molar-refractivity contribution in [1.82, 2.24) is 0 Å². The Morgan fingerprint density at radius 1 is 0.935 bits per heavy atom. The SMILES string of the molecule is CC1CC(N(C(=O)CC2C(=O)C34C=CC=CC3=CC=CC4=C[N+]2=O)c2ccccc2)c2ccccc2N1C(=O)c1ccc(Cl)cc1. The molecule has 2 heterocycles. The molecule has 7 nitrogen and oxygen atoms in total. The minimum absolute atomic E-state index is 0.163. The second kappa shape index (κ2) is 11.7. The number of Topliss-reactive ketones (excluding diaryl/α,β-unsaturated/α-hetero) is 1. The van der Waals surface area contributed by atoms with E-state index < -0.39 is 17.5 Å². The lowest BCUT2D eigenvalue weighted by Gasteiger charge is -2.44. The van der Waals surface area contributed by atoms with Gasteiger partial charge in [0.2, 0.25) is 17.9 Å². The molecule has 2 aliphatic carbocycles. The van der Waals surface area contributed by atoms with Crippen molar-refractivity contribution in [1.29, 1.82) is 0 Å². The number of allylic oxidation sites excluding steroid dienone is 9. The molecule has 0 N–H and O–H groups in total. The van der Waals surface area contributed by atoms with E-state index in [4.69, 9.17) is 11.6 Å². The van der Waals surface area contributed by atoms with Gasteiger partial charge in [-0.1, -0.05) is 90.5 Å². The summed E-state index contributed by atoms with van der Waals surface area (Å²) in [6.45, 7) is 1.97. The molecule has 0 aromatic heterocycles. The molecular weight excluding hydrogens is 598 g/mol. The third-order valence-electron chi connectivity index (χ3n) is 9.31. The largest absolute Gasteiger partial charge is 0.305 e. The summed E-state index contributed by atoms with van der Waals surface area (Å²) in [5.41, 5.74) is 2.94. The van der Waals surface area contributed by atoms with Gasteiger partial charge in [0.1, 0.15) is 11.8 Å². The first-order chi connectivity index (χ1) is 22.3. The highest BCUT2D eigenvalue weighted by molar-refractivity contribution is 6.30. The van der Waals surface area contributed by atoms with E-state index in [0.29, 0.717) is 38.7 Å². The smallest absolute Gasteiger partial charge is 0.275 e. The fourth-order valence-electron chi connectivity index (χ4n) is 7.14. The predicted octanol–water partition coefficient (Wildman–Crippen LogP) is 7.47. The summed E-state index contributed by atoms with van der Waals surface area (Å²) in [7, 11) is 0. The van der Waals surface area contributed by atoms with E-state index in [2.05, 4.69) is 0 Å². The highest BCUT2D eigenvalue weighted by atomic mass is 35.5. The summed E-state index contributed by atoms with van der Waals surface area (Å²) < 4.78 is 0.632. The third kappa shape index (κ3) is 4.79. The lowest BCUT2D eigenvalue weighted by molar-refractivity contribution is -0.510. The molecule has 8 heteroatoms. The van der Waals surface area contributed by atoms with Gasteiger partial charge in [-0.05, 0) is 66.9 Å². The number of nitroso groups, excluding NO2 is 1. The van der Waals surface area contributed by atoms with Gasteiger partial charge in [0.15, 0.2) is 0 Å². The molecule has 3 aromatic carbocycles. The Kier molecular flexibility index (Phi) is 7.49. The van der Waals surface area contributed by atoms with Gasteiger partial charge in [0, 0.05) is 43.2 Å². The number of carbonyl (C=O) groups excluding carboxylic acids is 3. The monoisotopic (exact) mass is 628 g/mol. The Morgan fingerprint density at radius 3 is 2.43 bits per heavy atom. The van der Waals surface area contributed by atoms with Crippen molar-refractivity contribution >= 4 is 40.6 Å². The van der Waals surface area contributed by atoms with Crippen LogP contribution in [0.15, 0.2) is 139 Å². The Hall–Kier alpha value is -5.14. The Bertz CT molecular complexity index is 1920. The van der Waals surface area contributed by atoms with Crippen LogP contribution in [0.4, 0.5) is 11.4 Å². The normalized spacial score (nSPS) is 24.4. The maximum atomic E-state index is 14.5. The third-order valence-corrected chi connectivity index (χ3v) is 9.57. The first-order valence-electron chi connectivity index (χ1n) is 15.3. The van der Waals surface area contributed by atoms with Crippen LogP contribution >= 0.6 is 11.6 Å². The number of amides is 2. The van der Waals surface area contributed by atoms with Gasteiger partial charge in [-0.3, -0.25) is 14.4 Å². The maximum Gasteiger partial charge on any atom is 0.275 e. The molecule has 0 fully saturated rings. The van der Waals surface area contributed by atoms with E-state index in [-0.39, 0.29) is 30.1 Å². The van der Waals surface area contributed by atoms with E-state index in [1.165, 1.54) is 6.20 Å². The summed E-state index contributed by atoms with van der Waals surface area (Å²) in [6.07, 6.45) is 14.4. The van der Waals surface area contributed by atoms with E-state index in [0.717, 1.165) is 11.1 Å². The molecule has 2 amide bonds. The molecule has 2 aliphatic heterocycles. The highest BCUT2D eigenvalue weighted by Crippen LogP contribution is 2.48. The fourth-order valence-corrected chi connectivity index (χ4v) is 7.27. The van der Waals surface area contributed by atoms with Crippen molar-refractivity contribution in [3.8, 4) is 0 Å². The Labute approximate surface area is 272 Å². The zero-order valence-corrected chi connectivity index (χ0v) is 25.9. The first-order valence-corrected chi connectivity index (χ1v) is 15.7. The summed E-state index contributed by atoms with van der Waals surface area (Å²) in [6, 6.07) is 21.7. The molecule has 4 unspecified atom stereocenters. The van der Waals surface area contributed by atoms with Gasteiger partial charge < -0.3 is 9.80 Å². The predicted molar refractivity (Wildman–Crippen MR) is 179 cm³/mol. The van der Waals surface area contributed by atoms with Crippen molar-refractivity contribution in [2.24, 2.45) is 5.41 Å². The molecule has 4 atom stereocenters. The van der Waals surface area contributed by atoms with Crippen molar-refractivity contribution in [2.75, 3.05) is 9.80 Å². The first kappa shape index (κ1) is 29.6. The van der Waals surface area contributed by atoms with Crippen LogP contribution in [0.5, 0.6) is 0 Å². The lowest BCUT2D eigenvalue weighted by Crippen LogP contribution is -2.52. The second-order valence-corrected chi connectivity index (χ2v) is 12.4. The van der Waals surface area contributed by atoms with Gasteiger partial charge in [0.25, 0.3) is 11.9 Å². The number of hydrogen-bond acceptors (Lipinski definition) is 4. The number of benzene rings is 3. The molecule has 0 bridgehead atoms. The topological polar surface area (TPSA) is 77.8 Å². The van der Waals surface area contributed by atoms with Crippen LogP contribution < -0.4 is 9.80 Å². The quantitative estimate of drug-likeness (QED) is 0.275. The van der Waals surface area contributed by atoms with Gasteiger partial charge in [0.05, 0.1) is 6.04 Å². The minimum atomic E-state index is -1.22. The molecule has 7 rings (SSSR count). The molecule has 3 aromatic rings. The minimum Gasteiger partial charge on any atom is -0.305 e. The van der Waals surface area contributed by atoms with Gasteiger partial charge in [-0.25, -0.2) is 0 Å². The molecule has 1 spiro atoms. The number of fused-ring (bicyclic) bond motifs is 1. The molecule has 46 heavy (non-hydrogen) atoms. The van der Waals surface area contributed by atoms with Gasteiger partial charge in [-0.15, -0.1) is 0 Å². The molecule has 0 saturated heterocycles. The van der Waals surface area contributed by atoms with E-state index in [9.17, 15) is 19.3 Å². The van der Waals surface area contributed by atoms with Gasteiger partial charge >= 0.3 is 0 Å². The Balaban J connectivity index is 1.26. The number of nitrogens with zero attached hydrogens (tertiary/aromatic N) is 3. The van der Waals surface area contributed by atoms with Crippen LogP contribution in [0.3, 0.4) is 0 Å². The van der Waals surface area contributed by atoms with Crippen molar-refractivity contribution < 1.29 is 19.1 Å². The summed E-state index contributed by atoms with van der Waals surface area (Å²) >= 11 is 6.09. The highest BCUT2D eigenvalue weighted by Gasteiger charge is 2.56.